The third-order valence-electron chi connectivity index (χ3n) is 5.71. The minimum atomic E-state index is -0.217. The van der Waals surface area contributed by atoms with Crippen LogP contribution in [-0.4, -0.2) is 54.3 Å². The summed E-state index contributed by atoms with van der Waals surface area (Å²) in [5, 5.41) is 4.20. The molecule has 1 heterocycles. The third kappa shape index (κ3) is 6.99. The van der Waals surface area contributed by atoms with E-state index in [1.54, 1.807) is 12.1 Å². The Morgan fingerprint density at radius 3 is 2.65 bits per heavy atom. The number of anilines is 1. The number of para-hydroxylation sites is 1. The standard InChI is InChI=1S/C25H34FN3OS/c1-19(2)23-10-4-7-20(3)24(23)27-25(31)29(18-21-8-5-9-22(26)17-21)12-6-11-28-13-15-30-16-14-28/h4-5,7-10,17,19H,6,11-16,18H2,1-3H3,(H,27,31). The van der Waals surface area contributed by atoms with Crippen LogP contribution in [0.4, 0.5) is 10.1 Å². The molecule has 0 aromatic heterocycles. The predicted octanol–water partition coefficient (Wildman–Crippen LogP) is 5.18. The number of hydrogen-bond donors (Lipinski definition) is 1. The lowest BCUT2D eigenvalue weighted by atomic mass is 9.98. The average molecular weight is 444 g/mol. The van der Waals surface area contributed by atoms with Crippen molar-refractivity contribution in [1.29, 1.82) is 0 Å². The van der Waals surface area contributed by atoms with Crippen LogP contribution >= 0.6 is 12.2 Å². The number of morpholine rings is 1. The molecule has 4 nitrogen and oxygen atoms in total. The van der Waals surface area contributed by atoms with E-state index in [2.05, 4.69) is 54.1 Å². The van der Waals surface area contributed by atoms with Gasteiger partial charge in [0.2, 0.25) is 0 Å². The number of aryl methyl sites for hydroxylation is 1. The first-order valence-corrected chi connectivity index (χ1v) is 11.5. The highest BCUT2D eigenvalue weighted by Crippen LogP contribution is 2.28. The second-order valence-corrected chi connectivity index (χ2v) is 8.87. The molecular weight excluding hydrogens is 409 g/mol. The van der Waals surface area contributed by atoms with Crippen molar-refractivity contribution in [3.05, 3.63) is 65.0 Å². The van der Waals surface area contributed by atoms with E-state index in [1.807, 2.05) is 6.07 Å². The van der Waals surface area contributed by atoms with Gasteiger partial charge in [-0.2, -0.15) is 0 Å². The molecule has 1 aliphatic heterocycles. The van der Waals surface area contributed by atoms with Crippen molar-refractivity contribution in [2.75, 3.05) is 44.7 Å². The van der Waals surface area contributed by atoms with E-state index in [1.165, 1.54) is 17.2 Å². The van der Waals surface area contributed by atoms with E-state index in [0.717, 1.165) is 57.1 Å². The van der Waals surface area contributed by atoms with Crippen LogP contribution in [0.1, 0.15) is 42.9 Å². The van der Waals surface area contributed by atoms with Gasteiger partial charge >= 0.3 is 0 Å². The van der Waals surface area contributed by atoms with E-state index in [4.69, 9.17) is 17.0 Å². The molecule has 168 valence electrons. The zero-order chi connectivity index (χ0) is 22.2. The number of nitrogens with one attached hydrogen (secondary N) is 1. The van der Waals surface area contributed by atoms with Crippen LogP contribution in [-0.2, 0) is 11.3 Å². The smallest absolute Gasteiger partial charge is 0.173 e. The van der Waals surface area contributed by atoms with E-state index >= 15 is 0 Å². The number of nitrogens with zero attached hydrogens (tertiary/aromatic N) is 2. The van der Waals surface area contributed by atoms with Crippen LogP contribution in [0.5, 0.6) is 0 Å². The largest absolute Gasteiger partial charge is 0.379 e. The molecule has 0 amide bonds. The molecule has 1 aliphatic rings. The summed E-state index contributed by atoms with van der Waals surface area (Å²) in [4.78, 5) is 4.58. The molecule has 1 saturated heterocycles. The maximum Gasteiger partial charge on any atom is 0.173 e. The van der Waals surface area contributed by atoms with Crippen molar-refractivity contribution in [1.82, 2.24) is 9.80 Å². The molecule has 3 rings (SSSR count). The summed E-state index contributed by atoms with van der Waals surface area (Å²) in [7, 11) is 0. The van der Waals surface area contributed by atoms with Gasteiger partial charge in [-0.25, -0.2) is 4.39 Å². The molecule has 0 saturated carbocycles. The topological polar surface area (TPSA) is 27.7 Å². The fraction of sp³-hybridized carbons (Fsp3) is 0.480. The molecule has 31 heavy (non-hydrogen) atoms. The van der Waals surface area contributed by atoms with Crippen molar-refractivity contribution < 1.29 is 9.13 Å². The highest BCUT2D eigenvalue weighted by molar-refractivity contribution is 7.80. The number of halogens is 1. The Morgan fingerprint density at radius 2 is 1.94 bits per heavy atom. The van der Waals surface area contributed by atoms with Gasteiger partial charge in [0, 0.05) is 38.4 Å². The molecule has 0 bridgehead atoms. The molecule has 0 radical (unpaired) electrons. The molecule has 0 unspecified atom stereocenters. The monoisotopic (exact) mass is 443 g/mol. The van der Waals surface area contributed by atoms with Crippen LogP contribution in [0.2, 0.25) is 0 Å². The summed E-state index contributed by atoms with van der Waals surface area (Å²) in [5.74, 6) is 0.175. The quantitative estimate of drug-likeness (QED) is 0.568. The predicted molar refractivity (Wildman–Crippen MR) is 130 cm³/mol. The summed E-state index contributed by atoms with van der Waals surface area (Å²) in [6, 6.07) is 13.1. The number of ether oxygens (including phenoxy) is 1. The SMILES string of the molecule is Cc1cccc(C(C)C)c1NC(=S)N(CCCN1CCOCC1)Cc1cccc(F)c1. The van der Waals surface area contributed by atoms with Crippen LogP contribution in [0.3, 0.4) is 0 Å². The second kappa shape index (κ2) is 11.6. The first-order chi connectivity index (χ1) is 14.9. The van der Waals surface area contributed by atoms with Gasteiger partial charge in [0.1, 0.15) is 5.82 Å². The highest BCUT2D eigenvalue weighted by atomic mass is 32.1. The number of thiocarbonyl (C=S) groups is 1. The van der Waals surface area contributed by atoms with Crippen molar-refractivity contribution >= 4 is 23.0 Å². The summed E-state index contributed by atoms with van der Waals surface area (Å²) >= 11 is 5.85. The van der Waals surface area contributed by atoms with Gasteiger partial charge in [0.05, 0.1) is 13.2 Å². The molecular formula is C25H34FN3OS. The minimum Gasteiger partial charge on any atom is -0.379 e. The van der Waals surface area contributed by atoms with Gasteiger partial charge in [0.15, 0.2) is 5.11 Å². The molecule has 0 aliphatic carbocycles. The first-order valence-electron chi connectivity index (χ1n) is 11.1. The fourth-order valence-corrected chi connectivity index (χ4v) is 4.20. The Labute approximate surface area is 191 Å². The number of benzene rings is 2. The number of rotatable bonds is 8. The Bertz CT molecular complexity index is 868. The maximum absolute atomic E-state index is 13.8. The van der Waals surface area contributed by atoms with Gasteiger partial charge in [0.25, 0.3) is 0 Å². The van der Waals surface area contributed by atoms with Crippen molar-refractivity contribution in [3.8, 4) is 0 Å². The second-order valence-electron chi connectivity index (χ2n) is 8.48. The van der Waals surface area contributed by atoms with Gasteiger partial charge in [-0.3, -0.25) is 4.90 Å². The van der Waals surface area contributed by atoms with Gasteiger partial charge < -0.3 is 15.0 Å². The van der Waals surface area contributed by atoms with E-state index in [0.29, 0.717) is 17.6 Å². The maximum atomic E-state index is 13.8. The van der Waals surface area contributed by atoms with Crippen LogP contribution in [0.15, 0.2) is 42.5 Å². The van der Waals surface area contributed by atoms with Gasteiger partial charge in [-0.15, -0.1) is 0 Å². The fourth-order valence-electron chi connectivity index (χ4n) is 3.95. The Kier molecular flexibility index (Phi) is 8.81. The van der Waals surface area contributed by atoms with Gasteiger partial charge in [-0.05, 0) is 60.3 Å². The first kappa shape index (κ1) is 23.6. The zero-order valence-corrected chi connectivity index (χ0v) is 19.7. The van der Waals surface area contributed by atoms with Crippen LogP contribution in [0, 0.1) is 12.7 Å². The van der Waals surface area contributed by atoms with Gasteiger partial charge in [-0.1, -0.05) is 44.2 Å². The minimum absolute atomic E-state index is 0.217. The molecule has 0 atom stereocenters. The molecule has 2 aromatic carbocycles. The molecule has 1 fully saturated rings. The Balaban J connectivity index is 1.72. The normalized spacial score (nSPS) is 14.6. The zero-order valence-electron chi connectivity index (χ0n) is 18.9. The van der Waals surface area contributed by atoms with Crippen molar-refractivity contribution in [2.24, 2.45) is 0 Å². The van der Waals surface area contributed by atoms with Crippen LogP contribution < -0.4 is 5.32 Å². The average Bonchev–Trinajstić information content (AvgIpc) is 2.75. The van der Waals surface area contributed by atoms with E-state index in [-0.39, 0.29) is 5.82 Å². The Morgan fingerprint density at radius 1 is 1.19 bits per heavy atom. The number of hydrogen-bond acceptors (Lipinski definition) is 3. The Hall–Kier alpha value is -2.02. The summed E-state index contributed by atoms with van der Waals surface area (Å²) in [5.41, 5.74) is 4.43. The highest BCUT2D eigenvalue weighted by Gasteiger charge is 2.16. The lowest BCUT2D eigenvalue weighted by Gasteiger charge is -2.30. The molecule has 2 aromatic rings. The van der Waals surface area contributed by atoms with Crippen LogP contribution in [0.25, 0.3) is 0 Å². The molecule has 0 spiro atoms. The van der Waals surface area contributed by atoms with E-state index < -0.39 is 0 Å². The molecule has 1 N–H and O–H groups in total. The summed E-state index contributed by atoms with van der Waals surface area (Å²) < 4.78 is 19.2. The third-order valence-corrected chi connectivity index (χ3v) is 6.07. The lowest BCUT2D eigenvalue weighted by molar-refractivity contribution is 0.0368. The molecule has 6 heteroatoms. The van der Waals surface area contributed by atoms with Crippen molar-refractivity contribution in [3.63, 3.8) is 0 Å². The summed E-state index contributed by atoms with van der Waals surface area (Å²) in [6.07, 6.45) is 0.988. The van der Waals surface area contributed by atoms with E-state index in [9.17, 15) is 4.39 Å². The lowest BCUT2D eigenvalue weighted by Crippen LogP contribution is -2.40. The van der Waals surface area contributed by atoms with Crippen molar-refractivity contribution in [2.45, 2.75) is 39.7 Å². The summed E-state index contributed by atoms with van der Waals surface area (Å²) in [6.45, 7) is 12.4.